The largest absolute Gasteiger partial charge is 0.489 e. The molecule has 6 rings (SSSR count). The first kappa shape index (κ1) is 35.8. The number of ether oxygens (including phenoxy) is 5. The van der Waals surface area contributed by atoms with Crippen molar-refractivity contribution in [1.82, 2.24) is 5.32 Å². The van der Waals surface area contributed by atoms with Gasteiger partial charge in [-0.2, -0.15) is 13.2 Å². The molecule has 1 aliphatic heterocycles. The number of alkyl halides is 3. The number of halogens is 3. The number of fused-ring (bicyclic) bond motifs is 2. The van der Waals surface area contributed by atoms with Crippen LogP contribution in [0.3, 0.4) is 0 Å². The third kappa shape index (κ3) is 8.66. The van der Waals surface area contributed by atoms with E-state index in [1.807, 2.05) is 30.3 Å². The van der Waals surface area contributed by atoms with Gasteiger partial charge in [0, 0.05) is 12.5 Å². The van der Waals surface area contributed by atoms with Gasteiger partial charge in [-0.3, -0.25) is 4.79 Å². The first-order valence-electron chi connectivity index (χ1n) is 16.3. The molecule has 0 bridgehead atoms. The zero-order chi connectivity index (χ0) is 37.0. The molecular formula is C39H34F3NO9. The van der Waals surface area contributed by atoms with Gasteiger partial charge in [-0.15, -0.1) is 0 Å². The number of carbonyl (C=O) groups excluding carboxylic acids is 2. The Bertz CT molecular complexity index is 2140. The maximum atomic E-state index is 14.4. The molecule has 0 radical (unpaired) electrons. The van der Waals surface area contributed by atoms with Crippen LogP contribution >= 0.6 is 0 Å². The molecule has 52 heavy (non-hydrogen) atoms. The van der Waals surface area contributed by atoms with E-state index in [0.29, 0.717) is 23.7 Å². The third-order valence-electron chi connectivity index (χ3n) is 7.76. The van der Waals surface area contributed by atoms with Crippen molar-refractivity contribution < 1.29 is 50.9 Å². The van der Waals surface area contributed by atoms with Crippen molar-refractivity contribution in [2.75, 3.05) is 13.2 Å². The normalized spacial score (nSPS) is 13.3. The summed E-state index contributed by atoms with van der Waals surface area (Å²) in [5.74, 6) is -1.59. The molecule has 0 fully saturated rings. The number of hydrogen-bond acceptors (Lipinski definition) is 9. The summed E-state index contributed by atoms with van der Waals surface area (Å²) in [6, 6.07) is 22.7. The van der Waals surface area contributed by atoms with Crippen LogP contribution in [0.2, 0.25) is 0 Å². The Morgan fingerprint density at radius 2 is 1.52 bits per heavy atom. The number of benzene rings is 4. The minimum Gasteiger partial charge on any atom is -0.489 e. The standard InChI is InChI=1S/C39H34F3NO9/c1-38(2,3)52-37(46)43-29(19-23-9-12-26(13-10-23)49-22-24-7-5-4-6-8-24)36(45)50-27-14-15-28-31(21-27)51-35(39(40,41)42)33(34(28)44)25-11-16-30-32(20-25)48-18-17-47-30/h4-16,20-21,29H,17-19,22H2,1-3H3,(H,43,46)/t29-/m0/s1. The van der Waals surface area contributed by atoms with E-state index in [1.165, 1.54) is 30.3 Å². The minimum absolute atomic E-state index is 0.0309. The molecule has 5 aromatic rings. The Morgan fingerprint density at radius 3 is 2.21 bits per heavy atom. The topological polar surface area (TPSA) is 123 Å². The van der Waals surface area contributed by atoms with Crippen molar-refractivity contribution in [3.05, 3.63) is 118 Å². The lowest BCUT2D eigenvalue weighted by Crippen LogP contribution is -2.46. The molecule has 4 aromatic carbocycles. The van der Waals surface area contributed by atoms with Crippen LogP contribution in [0.5, 0.6) is 23.0 Å². The molecule has 270 valence electrons. The van der Waals surface area contributed by atoms with Crippen molar-refractivity contribution in [1.29, 1.82) is 0 Å². The molecule has 13 heteroatoms. The van der Waals surface area contributed by atoms with Crippen LogP contribution in [0.25, 0.3) is 22.1 Å². The number of hydrogen-bond donors (Lipinski definition) is 1. The summed E-state index contributed by atoms with van der Waals surface area (Å²) in [6.45, 7) is 5.80. The van der Waals surface area contributed by atoms with Gasteiger partial charge in [-0.1, -0.05) is 48.5 Å². The van der Waals surface area contributed by atoms with Crippen LogP contribution in [-0.4, -0.2) is 36.9 Å². The molecule has 1 aliphatic rings. The van der Waals surface area contributed by atoms with E-state index in [9.17, 15) is 27.6 Å². The van der Waals surface area contributed by atoms with E-state index >= 15 is 0 Å². The summed E-state index contributed by atoms with van der Waals surface area (Å²) in [5.41, 5.74) is -1.46. The molecular weight excluding hydrogens is 683 g/mol. The van der Waals surface area contributed by atoms with Gasteiger partial charge in [-0.05, 0) is 73.9 Å². The van der Waals surface area contributed by atoms with Gasteiger partial charge in [0.15, 0.2) is 11.5 Å². The highest BCUT2D eigenvalue weighted by Gasteiger charge is 2.40. The monoisotopic (exact) mass is 717 g/mol. The van der Waals surface area contributed by atoms with E-state index < -0.39 is 52.2 Å². The molecule has 0 saturated carbocycles. The summed E-state index contributed by atoms with van der Waals surface area (Å²) in [7, 11) is 0. The predicted octanol–water partition coefficient (Wildman–Crippen LogP) is 7.87. The van der Waals surface area contributed by atoms with Gasteiger partial charge < -0.3 is 33.4 Å². The van der Waals surface area contributed by atoms with Crippen LogP contribution in [0, 0.1) is 0 Å². The van der Waals surface area contributed by atoms with Crippen LogP contribution in [0.1, 0.15) is 37.7 Å². The first-order chi connectivity index (χ1) is 24.7. The lowest BCUT2D eigenvalue weighted by molar-refractivity contribution is -0.152. The van der Waals surface area contributed by atoms with Gasteiger partial charge in [0.25, 0.3) is 0 Å². The second-order valence-electron chi connectivity index (χ2n) is 12.9. The molecule has 1 atom stereocenters. The summed E-state index contributed by atoms with van der Waals surface area (Å²) in [6.07, 6.45) is -5.98. The number of nitrogens with one attached hydrogen (secondary N) is 1. The average Bonchev–Trinajstić information content (AvgIpc) is 3.10. The average molecular weight is 718 g/mol. The van der Waals surface area contributed by atoms with E-state index in [4.69, 9.17) is 28.1 Å². The zero-order valence-corrected chi connectivity index (χ0v) is 28.4. The molecule has 1 N–H and O–H groups in total. The molecule has 0 aliphatic carbocycles. The smallest absolute Gasteiger partial charge is 0.450 e. The van der Waals surface area contributed by atoms with Crippen molar-refractivity contribution >= 4 is 23.0 Å². The van der Waals surface area contributed by atoms with Gasteiger partial charge >= 0.3 is 18.2 Å². The highest BCUT2D eigenvalue weighted by Crippen LogP contribution is 2.41. The van der Waals surface area contributed by atoms with Crippen molar-refractivity contribution in [3.8, 4) is 34.1 Å². The second kappa shape index (κ2) is 14.7. The quantitative estimate of drug-likeness (QED) is 0.120. The zero-order valence-electron chi connectivity index (χ0n) is 28.4. The summed E-state index contributed by atoms with van der Waals surface area (Å²) in [5, 5.41) is 2.33. The van der Waals surface area contributed by atoms with Crippen LogP contribution in [0.4, 0.5) is 18.0 Å². The molecule has 1 amide bonds. The Morgan fingerprint density at radius 1 is 0.827 bits per heavy atom. The van der Waals surface area contributed by atoms with Gasteiger partial charge in [0.2, 0.25) is 11.2 Å². The molecule has 1 aromatic heterocycles. The van der Waals surface area contributed by atoms with Gasteiger partial charge in [-0.25, -0.2) is 9.59 Å². The number of carbonyl (C=O) groups is 2. The Labute approximate surface area is 296 Å². The number of esters is 1. The Hall–Kier alpha value is -5.98. The summed E-state index contributed by atoms with van der Waals surface area (Å²) < 4.78 is 76.0. The van der Waals surface area contributed by atoms with Crippen LogP contribution in [0.15, 0.2) is 100 Å². The lowest BCUT2D eigenvalue weighted by Gasteiger charge is -2.23. The SMILES string of the molecule is CC(C)(C)OC(=O)N[C@@H](Cc1ccc(OCc2ccccc2)cc1)C(=O)Oc1ccc2c(=O)c(-c3ccc4c(c3)OCCO4)c(C(F)(F)F)oc2c1. The number of alkyl carbamates (subject to hydrolysis) is 1. The van der Waals surface area contributed by atoms with Crippen molar-refractivity contribution in [3.63, 3.8) is 0 Å². The molecule has 0 saturated heterocycles. The lowest BCUT2D eigenvalue weighted by atomic mass is 10.0. The number of rotatable bonds is 9. The predicted molar refractivity (Wildman–Crippen MR) is 184 cm³/mol. The third-order valence-corrected chi connectivity index (χ3v) is 7.76. The first-order valence-corrected chi connectivity index (χ1v) is 16.3. The molecule has 0 spiro atoms. The number of amides is 1. The maximum Gasteiger partial charge on any atom is 0.450 e. The van der Waals surface area contributed by atoms with Gasteiger partial charge in [0.1, 0.15) is 48.5 Å². The van der Waals surface area contributed by atoms with Crippen LogP contribution in [-0.2, 0) is 28.7 Å². The highest BCUT2D eigenvalue weighted by atomic mass is 19.4. The fourth-order valence-corrected chi connectivity index (χ4v) is 5.43. The van der Waals surface area contributed by atoms with E-state index in [0.717, 1.165) is 11.6 Å². The van der Waals surface area contributed by atoms with Gasteiger partial charge in [0.05, 0.1) is 10.9 Å². The maximum absolute atomic E-state index is 14.4. The Kier molecular flexibility index (Phi) is 10.1. The van der Waals surface area contributed by atoms with E-state index in [1.54, 1.807) is 45.0 Å². The molecule has 2 heterocycles. The molecule has 0 unspecified atom stereocenters. The fraction of sp³-hybridized carbons (Fsp3) is 0.256. The second-order valence-corrected chi connectivity index (χ2v) is 12.9. The van der Waals surface area contributed by atoms with E-state index in [2.05, 4.69) is 5.32 Å². The fourth-order valence-electron chi connectivity index (χ4n) is 5.43. The van der Waals surface area contributed by atoms with Crippen LogP contribution < -0.4 is 29.7 Å². The highest BCUT2D eigenvalue weighted by molar-refractivity contribution is 5.87. The minimum atomic E-state index is -5.06. The summed E-state index contributed by atoms with van der Waals surface area (Å²) in [4.78, 5) is 39.8. The Balaban J connectivity index is 1.25. The van der Waals surface area contributed by atoms with Crippen molar-refractivity contribution in [2.24, 2.45) is 0 Å². The van der Waals surface area contributed by atoms with Crippen molar-refractivity contribution in [2.45, 2.75) is 51.6 Å². The summed E-state index contributed by atoms with van der Waals surface area (Å²) >= 11 is 0. The molecule has 10 nitrogen and oxygen atoms in total. The van der Waals surface area contributed by atoms with E-state index in [-0.39, 0.29) is 42.1 Å².